The Balaban J connectivity index is 1.85. The van der Waals surface area contributed by atoms with Gasteiger partial charge in [-0.3, -0.25) is 9.59 Å². The molecule has 6 heteroatoms. The van der Waals surface area contributed by atoms with E-state index in [0.717, 1.165) is 16.7 Å². The summed E-state index contributed by atoms with van der Waals surface area (Å²) in [5.41, 5.74) is 2.65. The van der Waals surface area contributed by atoms with Gasteiger partial charge in [-0.2, -0.15) is 0 Å². The number of amides is 2. The van der Waals surface area contributed by atoms with E-state index >= 15 is 0 Å². The average molecular weight is 380 g/mol. The minimum Gasteiger partial charge on any atom is -0.348 e. The van der Waals surface area contributed by atoms with E-state index in [9.17, 15) is 9.59 Å². The molecule has 1 aliphatic rings. The van der Waals surface area contributed by atoms with Crippen molar-refractivity contribution in [3.05, 3.63) is 48.5 Å². The first-order chi connectivity index (χ1) is 13.4. The zero-order chi connectivity index (χ0) is 20.1. The molecule has 1 aromatic heterocycles. The van der Waals surface area contributed by atoms with Gasteiger partial charge in [-0.1, -0.05) is 31.2 Å². The summed E-state index contributed by atoms with van der Waals surface area (Å²) in [5, 5.41) is 0. The van der Waals surface area contributed by atoms with Gasteiger partial charge in [0.15, 0.2) is 0 Å². The molecule has 1 aromatic carbocycles. The van der Waals surface area contributed by atoms with Crippen molar-refractivity contribution in [3.63, 3.8) is 0 Å². The first-order valence-corrected chi connectivity index (χ1v) is 9.79. The fourth-order valence-corrected chi connectivity index (χ4v) is 4.05. The number of piperidine rings is 1. The molecule has 0 spiro atoms. The summed E-state index contributed by atoms with van der Waals surface area (Å²) in [5.74, 6) is 0.307. The highest BCUT2D eigenvalue weighted by Gasteiger charge is 2.42. The summed E-state index contributed by atoms with van der Waals surface area (Å²) in [6.45, 7) is 3.16. The molecular weight excluding hydrogens is 352 g/mol. The third-order valence-corrected chi connectivity index (χ3v) is 5.60. The van der Waals surface area contributed by atoms with Gasteiger partial charge in [0, 0.05) is 51.6 Å². The minimum atomic E-state index is -0.472. The fraction of sp³-hybridized carbons (Fsp3) is 0.455. The molecule has 2 heterocycles. The molecule has 6 nitrogen and oxygen atoms in total. The molecule has 0 unspecified atom stereocenters. The third-order valence-electron chi connectivity index (χ3n) is 5.60. The monoisotopic (exact) mass is 380 g/mol. The van der Waals surface area contributed by atoms with Gasteiger partial charge < -0.3 is 9.80 Å². The van der Waals surface area contributed by atoms with Crippen LogP contribution in [0.25, 0.3) is 11.1 Å². The maximum atomic E-state index is 13.1. The second-order valence-corrected chi connectivity index (χ2v) is 7.72. The van der Waals surface area contributed by atoms with Crippen LogP contribution in [0.3, 0.4) is 0 Å². The lowest BCUT2D eigenvalue weighted by Crippen LogP contribution is -2.50. The lowest BCUT2D eigenvalue weighted by Gasteiger charge is -2.42. The first-order valence-electron chi connectivity index (χ1n) is 9.79. The number of carbonyl (C=O) groups excluding carboxylic acids is 2. The Morgan fingerprint density at radius 2 is 1.79 bits per heavy atom. The molecular formula is C22H28N4O2. The van der Waals surface area contributed by atoms with Crippen LogP contribution in [0.5, 0.6) is 0 Å². The fourth-order valence-electron chi connectivity index (χ4n) is 4.05. The Morgan fingerprint density at radius 3 is 2.39 bits per heavy atom. The van der Waals surface area contributed by atoms with Crippen LogP contribution in [0.4, 0.5) is 0 Å². The Labute approximate surface area is 166 Å². The third kappa shape index (κ3) is 4.21. The van der Waals surface area contributed by atoms with Gasteiger partial charge in [0.25, 0.3) is 0 Å². The van der Waals surface area contributed by atoms with Gasteiger partial charge >= 0.3 is 0 Å². The van der Waals surface area contributed by atoms with Crippen LogP contribution in [0.1, 0.15) is 31.7 Å². The highest BCUT2D eigenvalue weighted by atomic mass is 16.2. The van der Waals surface area contributed by atoms with E-state index in [4.69, 9.17) is 0 Å². The van der Waals surface area contributed by atoms with Crippen molar-refractivity contribution >= 4 is 11.8 Å². The molecule has 0 atom stereocenters. The summed E-state index contributed by atoms with van der Waals surface area (Å²) < 4.78 is 0. The topological polar surface area (TPSA) is 66.4 Å². The standard InChI is InChI=1S/C22H28N4O2/c1-4-20(27)26-10-8-22(9-11-26,21(28)25(2)3)13-17-6-5-7-18(12-17)19-14-23-16-24-15-19/h5-7,12,14-16H,4,8-11,13H2,1-3H3. The molecule has 2 amide bonds. The summed E-state index contributed by atoms with van der Waals surface area (Å²) in [6, 6.07) is 8.24. The molecule has 1 aliphatic heterocycles. The molecule has 0 N–H and O–H groups in total. The number of benzene rings is 1. The summed E-state index contributed by atoms with van der Waals surface area (Å²) in [7, 11) is 3.62. The number of carbonyl (C=O) groups is 2. The molecule has 28 heavy (non-hydrogen) atoms. The second kappa shape index (κ2) is 8.50. The minimum absolute atomic E-state index is 0.143. The number of nitrogens with zero attached hydrogens (tertiary/aromatic N) is 4. The molecule has 1 saturated heterocycles. The van der Waals surface area contributed by atoms with Gasteiger partial charge in [0.1, 0.15) is 6.33 Å². The summed E-state index contributed by atoms with van der Waals surface area (Å²) in [4.78, 5) is 37.0. The van der Waals surface area contributed by atoms with Crippen molar-refractivity contribution in [2.45, 2.75) is 32.6 Å². The van der Waals surface area contributed by atoms with E-state index in [1.807, 2.05) is 38.1 Å². The Morgan fingerprint density at radius 1 is 1.11 bits per heavy atom. The Bertz CT molecular complexity index is 827. The predicted molar refractivity (Wildman–Crippen MR) is 108 cm³/mol. The molecule has 148 valence electrons. The van der Waals surface area contributed by atoms with E-state index < -0.39 is 5.41 Å². The number of likely N-dealkylation sites (tertiary alicyclic amines) is 1. The van der Waals surface area contributed by atoms with Gasteiger partial charge in [0.05, 0.1) is 5.41 Å². The van der Waals surface area contributed by atoms with Crippen LogP contribution in [0.2, 0.25) is 0 Å². The molecule has 0 radical (unpaired) electrons. The van der Waals surface area contributed by atoms with Crippen molar-refractivity contribution in [1.82, 2.24) is 19.8 Å². The maximum absolute atomic E-state index is 13.1. The quantitative estimate of drug-likeness (QED) is 0.800. The van der Waals surface area contributed by atoms with Crippen molar-refractivity contribution in [2.24, 2.45) is 5.41 Å². The second-order valence-electron chi connectivity index (χ2n) is 7.72. The molecule has 1 fully saturated rings. The van der Waals surface area contributed by atoms with Gasteiger partial charge in [-0.25, -0.2) is 9.97 Å². The van der Waals surface area contributed by atoms with E-state index in [1.165, 1.54) is 6.33 Å². The number of hydrogen-bond donors (Lipinski definition) is 0. The summed E-state index contributed by atoms with van der Waals surface area (Å²) in [6.07, 6.45) is 7.66. The Kier molecular flexibility index (Phi) is 6.07. The molecule has 0 saturated carbocycles. The van der Waals surface area contributed by atoms with Crippen molar-refractivity contribution < 1.29 is 9.59 Å². The number of hydrogen-bond acceptors (Lipinski definition) is 4. The molecule has 0 aliphatic carbocycles. The highest BCUT2D eigenvalue weighted by Crippen LogP contribution is 2.37. The molecule has 0 bridgehead atoms. The van der Waals surface area contributed by atoms with E-state index in [0.29, 0.717) is 38.8 Å². The van der Waals surface area contributed by atoms with E-state index in [-0.39, 0.29) is 11.8 Å². The highest BCUT2D eigenvalue weighted by molar-refractivity contribution is 5.83. The number of rotatable bonds is 5. The smallest absolute Gasteiger partial charge is 0.228 e. The van der Waals surface area contributed by atoms with Gasteiger partial charge in [-0.05, 0) is 30.4 Å². The van der Waals surface area contributed by atoms with Crippen LogP contribution >= 0.6 is 0 Å². The van der Waals surface area contributed by atoms with Gasteiger partial charge in [0.2, 0.25) is 11.8 Å². The normalized spacial score (nSPS) is 15.9. The summed E-state index contributed by atoms with van der Waals surface area (Å²) >= 11 is 0. The van der Waals surface area contributed by atoms with Crippen molar-refractivity contribution in [2.75, 3.05) is 27.2 Å². The van der Waals surface area contributed by atoms with Crippen molar-refractivity contribution in [1.29, 1.82) is 0 Å². The average Bonchev–Trinajstić information content (AvgIpc) is 2.74. The molecule has 3 rings (SSSR count). The van der Waals surface area contributed by atoms with E-state index in [1.54, 1.807) is 17.3 Å². The van der Waals surface area contributed by atoms with Crippen molar-refractivity contribution in [3.8, 4) is 11.1 Å². The SMILES string of the molecule is CCC(=O)N1CCC(Cc2cccc(-c3cncnc3)c2)(C(=O)N(C)C)CC1. The zero-order valence-electron chi connectivity index (χ0n) is 16.9. The van der Waals surface area contributed by atoms with Crippen LogP contribution in [0, 0.1) is 5.41 Å². The van der Waals surface area contributed by atoms with E-state index in [2.05, 4.69) is 22.1 Å². The number of aromatic nitrogens is 2. The van der Waals surface area contributed by atoms with Crippen LogP contribution in [-0.2, 0) is 16.0 Å². The lowest BCUT2D eigenvalue weighted by molar-refractivity contribution is -0.146. The zero-order valence-corrected chi connectivity index (χ0v) is 16.9. The van der Waals surface area contributed by atoms with Crippen LogP contribution in [-0.4, -0.2) is 58.8 Å². The van der Waals surface area contributed by atoms with Crippen LogP contribution in [0.15, 0.2) is 43.0 Å². The predicted octanol–water partition coefficient (Wildman–Crippen LogP) is 2.79. The molecule has 2 aromatic rings. The lowest BCUT2D eigenvalue weighted by atomic mass is 9.72. The largest absolute Gasteiger partial charge is 0.348 e. The van der Waals surface area contributed by atoms with Gasteiger partial charge in [-0.15, -0.1) is 0 Å². The van der Waals surface area contributed by atoms with Crippen LogP contribution < -0.4 is 0 Å². The first kappa shape index (κ1) is 20.0. The Hall–Kier alpha value is -2.76. The maximum Gasteiger partial charge on any atom is 0.228 e.